The number of piperidine rings is 1. The van der Waals surface area contributed by atoms with E-state index in [-0.39, 0.29) is 12.0 Å². The van der Waals surface area contributed by atoms with Crippen molar-refractivity contribution in [3.63, 3.8) is 0 Å². The van der Waals surface area contributed by atoms with Crippen LogP contribution in [0.15, 0.2) is 36.4 Å². The molecule has 176 valence electrons. The first-order valence-corrected chi connectivity index (χ1v) is 11.8. The van der Waals surface area contributed by atoms with Crippen LogP contribution in [0, 0.1) is 0 Å². The molecule has 2 aliphatic rings. The largest absolute Gasteiger partial charge is 0.444 e. The summed E-state index contributed by atoms with van der Waals surface area (Å²) in [4.78, 5) is 29.5. The van der Waals surface area contributed by atoms with Crippen LogP contribution in [0.4, 0.5) is 21.9 Å². The maximum atomic E-state index is 13.0. The normalized spacial score (nSPS) is 16.2. The molecule has 0 saturated carbocycles. The van der Waals surface area contributed by atoms with Crippen LogP contribution in [0.3, 0.4) is 0 Å². The van der Waals surface area contributed by atoms with Crippen LogP contribution in [0.25, 0.3) is 0 Å². The first-order valence-electron chi connectivity index (χ1n) is 11.8. The average Bonchev–Trinajstić information content (AvgIpc) is 2.78. The fourth-order valence-corrected chi connectivity index (χ4v) is 4.40. The summed E-state index contributed by atoms with van der Waals surface area (Å²) in [5, 5.41) is 3.00. The Morgan fingerprint density at radius 2 is 1.73 bits per heavy atom. The number of hydrogen-bond donors (Lipinski definition) is 2. The topological polar surface area (TPSA) is 87.9 Å². The van der Waals surface area contributed by atoms with Gasteiger partial charge < -0.3 is 25.6 Å². The number of ether oxygens (including phenoxy) is 1. The maximum absolute atomic E-state index is 13.0. The molecule has 2 aliphatic heterocycles. The van der Waals surface area contributed by atoms with Crippen LogP contribution in [-0.4, -0.2) is 42.1 Å². The second-order valence-corrected chi connectivity index (χ2v) is 9.91. The van der Waals surface area contributed by atoms with Crippen molar-refractivity contribution in [2.75, 3.05) is 35.6 Å². The van der Waals surface area contributed by atoms with E-state index in [2.05, 4.69) is 10.2 Å². The third-order valence-electron chi connectivity index (χ3n) is 6.13. The van der Waals surface area contributed by atoms with Crippen molar-refractivity contribution in [2.45, 2.75) is 58.6 Å². The van der Waals surface area contributed by atoms with Gasteiger partial charge in [0.15, 0.2) is 0 Å². The van der Waals surface area contributed by atoms with Crippen molar-refractivity contribution in [1.29, 1.82) is 0 Å². The lowest BCUT2D eigenvalue weighted by atomic mass is 9.99. The zero-order valence-electron chi connectivity index (χ0n) is 19.8. The molecule has 0 radical (unpaired) electrons. The van der Waals surface area contributed by atoms with Gasteiger partial charge in [-0.05, 0) is 87.9 Å². The summed E-state index contributed by atoms with van der Waals surface area (Å²) in [5.41, 5.74) is 10.6. The van der Waals surface area contributed by atoms with Crippen molar-refractivity contribution in [1.82, 2.24) is 4.90 Å². The highest BCUT2D eigenvalue weighted by Crippen LogP contribution is 2.27. The number of benzene rings is 2. The summed E-state index contributed by atoms with van der Waals surface area (Å²) < 4.78 is 5.50. The van der Waals surface area contributed by atoms with Crippen LogP contribution in [0.1, 0.15) is 61.5 Å². The molecule has 1 fully saturated rings. The van der Waals surface area contributed by atoms with E-state index in [1.54, 1.807) is 4.90 Å². The van der Waals surface area contributed by atoms with Gasteiger partial charge in [0, 0.05) is 43.2 Å². The maximum Gasteiger partial charge on any atom is 0.410 e. The standard InChI is InChI=1S/C26H34N4O3/c1-26(2,3)33-25(32)30-14-11-18-15-20(8-7-19(18)17-30)28-24(31)22-16-21(9-10-23(22)27)29-12-5-4-6-13-29/h7-10,15-16H,4-6,11-14,17,27H2,1-3H3,(H,28,31). The van der Waals surface area contributed by atoms with Crippen LogP contribution in [0.5, 0.6) is 0 Å². The Hall–Kier alpha value is -3.22. The number of nitrogens with zero attached hydrogens (tertiary/aromatic N) is 2. The Morgan fingerprint density at radius 1 is 0.970 bits per heavy atom. The quantitative estimate of drug-likeness (QED) is 0.656. The molecule has 7 heteroatoms. The van der Waals surface area contributed by atoms with E-state index in [9.17, 15) is 9.59 Å². The highest BCUT2D eigenvalue weighted by atomic mass is 16.6. The second kappa shape index (κ2) is 9.33. The molecule has 7 nitrogen and oxygen atoms in total. The minimum atomic E-state index is -0.515. The molecular weight excluding hydrogens is 416 g/mol. The molecule has 3 N–H and O–H groups in total. The SMILES string of the molecule is CC(C)(C)OC(=O)N1CCc2cc(NC(=O)c3cc(N4CCCCC4)ccc3N)ccc2C1. The smallest absolute Gasteiger partial charge is 0.410 e. The summed E-state index contributed by atoms with van der Waals surface area (Å²) in [6.07, 6.45) is 4.02. The van der Waals surface area contributed by atoms with Gasteiger partial charge in [-0.3, -0.25) is 4.79 Å². The summed E-state index contributed by atoms with van der Waals surface area (Å²) in [6, 6.07) is 11.5. The lowest BCUT2D eigenvalue weighted by molar-refractivity contribution is 0.0224. The van der Waals surface area contributed by atoms with Crippen LogP contribution in [0.2, 0.25) is 0 Å². The van der Waals surface area contributed by atoms with Gasteiger partial charge in [-0.15, -0.1) is 0 Å². The van der Waals surface area contributed by atoms with Crippen LogP contribution in [-0.2, 0) is 17.7 Å². The summed E-state index contributed by atoms with van der Waals surface area (Å²) in [5.74, 6) is -0.211. The van der Waals surface area contributed by atoms with Crippen molar-refractivity contribution < 1.29 is 14.3 Å². The fourth-order valence-electron chi connectivity index (χ4n) is 4.40. The van der Waals surface area contributed by atoms with Crippen LogP contribution >= 0.6 is 0 Å². The molecule has 33 heavy (non-hydrogen) atoms. The molecule has 0 atom stereocenters. The molecule has 2 heterocycles. The van der Waals surface area contributed by atoms with Crippen molar-refractivity contribution >= 4 is 29.1 Å². The van der Waals surface area contributed by atoms with Gasteiger partial charge in [0.2, 0.25) is 0 Å². The zero-order chi connectivity index (χ0) is 23.6. The lowest BCUT2D eigenvalue weighted by Gasteiger charge is -2.31. The van der Waals surface area contributed by atoms with Gasteiger partial charge >= 0.3 is 6.09 Å². The molecule has 0 aliphatic carbocycles. The van der Waals surface area contributed by atoms with Crippen molar-refractivity contribution in [3.8, 4) is 0 Å². The molecule has 0 bridgehead atoms. The Balaban J connectivity index is 1.44. The number of nitrogens with one attached hydrogen (secondary N) is 1. The zero-order valence-corrected chi connectivity index (χ0v) is 19.8. The highest BCUT2D eigenvalue weighted by molar-refractivity contribution is 6.08. The van der Waals surface area contributed by atoms with E-state index < -0.39 is 5.60 Å². The van der Waals surface area contributed by atoms with Crippen molar-refractivity contribution in [3.05, 3.63) is 53.1 Å². The second-order valence-electron chi connectivity index (χ2n) is 9.91. The molecule has 0 aromatic heterocycles. The minimum Gasteiger partial charge on any atom is -0.444 e. The first-order chi connectivity index (χ1) is 15.7. The minimum absolute atomic E-state index is 0.211. The molecule has 2 aromatic carbocycles. The number of nitrogen functional groups attached to an aromatic ring is 1. The summed E-state index contributed by atoms with van der Waals surface area (Å²) in [7, 11) is 0. The summed E-state index contributed by atoms with van der Waals surface area (Å²) in [6.45, 7) is 8.71. The van der Waals surface area contributed by atoms with Gasteiger partial charge in [-0.1, -0.05) is 6.07 Å². The Labute approximate surface area is 195 Å². The van der Waals surface area contributed by atoms with Gasteiger partial charge in [0.05, 0.1) is 5.56 Å². The number of nitrogens with two attached hydrogens (primary N) is 1. The van der Waals surface area contributed by atoms with Gasteiger partial charge in [-0.2, -0.15) is 0 Å². The van der Waals surface area contributed by atoms with Gasteiger partial charge in [-0.25, -0.2) is 4.79 Å². The van der Waals surface area contributed by atoms with E-state index >= 15 is 0 Å². The number of anilines is 3. The number of rotatable bonds is 3. The molecular formula is C26H34N4O3. The summed E-state index contributed by atoms with van der Waals surface area (Å²) >= 11 is 0. The Bertz CT molecular complexity index is 1040. The lowest BCUT2D eigenvalue weighted by Crippen LogP contribution is -2.39. The number of carbonyl (C=O) groups excluding carboxylic acids is 2. The molecule has 0 spiro atoms. The highest BCUT2D eigenvalue weighted by Gasteiger charge is 2.26. The first kappa shape index (κ1) is 23.0. The van der Waals surface area contributed by atoms with E-state index in [0.29, 0.717) is 30.8 Å². The molecule has 2 aromatic rings. The number of hydrogen-bond acceptors (Lipinski definition) is 5. The third-order valence-corrected chi connectivity index (χ3v) is 6.13. The molecule has 0 unspecified atom stereocenters. The molecule has 1 saturated heterocycles. The predicted molar refractivity (Wildman–Crippen MR) is 132 cm³/mol. The number of amides is 2. The number of fused-ring (bicyclic) bond motifs is 1. The number of carbonyl (C=O) groups is 2. The monoisotopic (exact) mass is 450 g/mol. The Morgan fingerprint density at radius 3 is 2.45 bits per heavy atom. The fraction of sp³-hybridized carbons (Fsp3) is 0.462. The molecule has 4 rings (SSSR count). The predicted octanol–water partition coefficient (Wildman–Crippen LogP) is 4.80. The Kier molecular flexibility index (Phi) is 6.49. The van der Waals surface area contributed by atoms with Gasteiger partial charge in [0.25, 0.3) is 5.91 Å². The van der Waals surface area contributed by atoms with Crippen LogP contribution < -0.4 is 16.0 Å². The van der Waals surface area contributed by atoms with Gasteiger partial charge in [0.1, 0.15) is 5.60 Å². The van der Waals surface area contributed by atoms with E-state index in [1.165, 1.54) is 19.3 Å². The third kappa shape index (κ3) is 5.59. The van der Waals surface area contributed by atoms with Crippen molar-refractivity contribution in [2.24, 2.45) is 0 Å². The van der Waals surface area contributed by atoms with E-state index in [0.717, 1.165) is 35.6 Å². The van der Waals surface area contributed by atoms with E-state index in [4.69, 9.17) is 10.5 Å². The van der Waals surface area contributed by atoms with E-state index in [1.807, 2.05) is 57.2 Å². The average molecular weight is 451 g/mol. The molecule has 2 amide bonds.